The summed E-state index contributed by atoms with van der Waals surface area (Å²) < 4.78 is 5.24. The highest BCUT2D eigenvalue weighted by Crippen LogP contribution is 2.20. The Bertz CT molecular complexity index is 627. The van der Waals surface area contributed by atoms with Gasteiger partial charge in [-0.25, -0.2) is 0 Å². The zero-order valence-corrected chi connectivity index (χ0v) is 11.0. The molecule has 100 valence electrons. The second kappa shape index (κ2) is 6.02. The molecule has 0 saturated carbocycles. The summed E-state index contributed by atoms with van der Waals surface area (Å²) in [6, 6.07) is 11.9. The van der Waals surface area contributed by atoms with Crippen LogP contribution in [-0.4, -0.2) is 17.8 Å². The number of hydrazone groups is 1. The van der Waals surface area contributed by atoms with E-state index in [-0.39, 0.29) is 0 Å². The fourth-order valence-corrected chi connectivity index (χ4v) is 2.04. The van der Waals surface area contributed by atoms with Crippen LogP contribution in [0.15, 0.2) is 53.8 Å². The number of benzene rings is 1. The normalized spacial score (nSPS) is 14.0. The molecule has 0 saturated heterocycles. The minimum Gasteiger partial charge on any atom is -0.491 e. The molecule has 2 aliphatic heterocycles. The van der Waals surface area contributed by atoms with Gasteiger partial charge in [0.15, 0.2) is 0 Å². The molecular formula is C16H15N3O. The maximum atomic E-state index is 5.24. The Balaban J connectivity index is 0.000000123. The third-order valence-corrected chi connectivity index (χ3v) is 3.03. The summed E-state index contributed by atoms with van der Waals surface area (Å²) in [5.41, 5.74) is 6.25. The number of hydrogen-bond donors (Lipinski definition) is 1. The average Bonchev–Trinajstić information content (AvgIpc) is 2.85. The number of fused-ring (bicyclic) bond motifs is 2. The zero-order chi connectivity index (χ0) is 13.6. The Kier molecular flexibility index (Phi) is 3.73. The first-order valence-electron chi connectivity index (χ1n) is 6.55. The van der Waals surface area contributed by atoms with Crippen molar-refractivity contribution in [3.63, 3.8) is 0 Å². The molecule has 0 aliphatic carbocycles. The fourth-order valence-electron chi connectivity index (χ4n) is 2.04. The molecule has 0 bridgehead atoms. The Morgan fingerprint density at radius 2 is 2.05 bits per heavy atom. The van der Waals surface area contributed by atoms with E-state index in [0.717, 1.165) is 30.2 Å². The summed E-state index contributed by atoms with van der Waals surface area (Å²) in [4.78, 5) is 4.13. The van der Waals surface area contributed by atoms with Crippen molar-refractivity contribution in [1.82, 2.24) is 4.98 Å². The molecule has 0 unspecified atom stereocenters. The number of ether oxygens (including phenoxy) is 1. The van der Waals surface area contributed by atoms with Crippen molar-refractivity contribution in [2.45, 2.75) is 6.42 Å². The van der Waals surface area contributed by atoms with Crippen LogP contribution in [0, 0.1) is 0 Å². The molecule has 0 amide bonds. The van der Waals surface area contributed by atoms with Gasteiger partial charge in [-0.1, -0.05) is 24.3 Å². The van der Waals surface area contributed by atoms with E-state index < -0.39 is 0 Å². The van der Waals surface area contributed by atoms with Crippen LogP contribution in [0.2, 0.25) is 0 Å². The van der Waals surface area contributed by atoms with Crippen molar-refractivity contribution in [2.24, 2.45) is 5.10 Å². The Hall–Kier alpha value is -2.62. The molecule has 20 heavy (non-hydrogen) atoms. The van der Waals surface area contributed by atoms with Gasteiger partial charge >= 0.3 is 0 Å². The smallest absolute Gasteiger partial charge is 0.140 e. The van der Waals surface area contributed by atoms with E-state index in [9.17, 15) is 0 Å². The van der Waals surface area contributed by atoms with Crippen molar-refractivity contribution in [3.8, 4) is 5.75 Å². The number of rotatable bonds is 0. The molecular weight excluding hydrogens is 250 g/mol. The number of aromatic nitrogens is 1. The number of nitrogens with one attached hydrogen (secondary N) is 1. The molecule has 0 spiro atoms. The van der Waals surface area contributed by atoms with Gasteiger partial charge in [0, 0.05) is 18.8 Å². The highest BCUT2D eigenvalue weighted by molar-refractivity contribution is 5.83. The quantitative estimate of drug-likeness (QED) is 0.796. The number of anilines is 1. The molecule has 1 aromatic heterocycles. The van der Waals surface area contributed by atoms with Crippen molar-refractivity contribution in [2.75, 3.05) is 12.0 Å². The van der Waals surface area contributed by atoms with E-state index >= 15 is 0 Å². The van der Waals surface area contributed by atoms with E-state index in [1.807, 2.05) is 48.6 Å². The SMILES string of the molecule is C1=Cc2ccccc2NN=C1.c1cnc2c(c1)OCC2. The maximum Gasteiger partial charge on any atom is 0.140 e. The Labute approximate surface area is 117 Å². The first-order valence-corrected chi connectivity index (χ1v) is 6.55. The van der Waals surface area contributed by atoms with Crippen LogP contribution in [0.3, 0.4) is 0 Å². The van der Waals surface area contributed by atoms with Crippen LogP contribution >= 0.6 is 0 Å². The Morgan fingerprint density at radius 3 is 3.00 bits per heavy atom. The number of pyridine rings is 1. The van der Waals surface area contributed by atoms with Crippen molar-refractivity contribution in [3.05, 3.63) is 59.9 Å². The first-order chi connectivity index (χ1) is 9.93. The summed E-state index contributed by atoms with van der Waals surface area (Å²) in [5.74, 6) is 0.956. The van der Waals surface area contributed by atoms with E-state index in [2.05, 4.69) is 15.5 Å². The number of hydrogen-bond acceptors (Lipinski definition) is 4. The molecule has 2 aliphatic rings. The second-order valence-electron chi connectivity index (χ2n) is 4.38. The lowest BCUT2D eigenvalue weighted by molar-refractivity contribution is 0.357. The lowest BCUT2D eigenvalue weighted by atomic mass is 10.2. The largest absolute Gasteiger partial charge is 0.491 e. The summed E-state index contributed by atoms with van der Waals surface area (Å²) in [6.45, 7) is 0.798. The molecule has 0 radical (unpaired) electrons. The number of nitrogens with zero attached hydrogens (tertiary/aromatic N) is 2. The van der Waals surface area contributed by atoms with Gasteiger partial charge < -0.3 is 4.74 Å². The number of para-hydroxylation sites is 1. The Morgan fingerprint density at radius 1 is 1.10 bits per heavy atom. The van der Waals surface area contributed by atoms with Gasteiger partial charge in [0.25, 0.3) is 0 Å². The molecule has 3 heterocycles. The van der Waals surface area contributed by atoms with Gasteiger partial charge in [0.1, 0.15) is 5.75 Å². The van der Waals surface area contributed by atoms with Gasteiger partial charge in [-0.3, -0.25) is 10.4 Å². The van der Waals surface area contributed by atoms with Gasteiger partial charge in [-0.2, -0.15) is 5.10 Å². The van der Waals surface area contributed by atoms with Crippen molar-refractivity contribution in [1.29, 1.82) is 0 Å². The first kappa shape index (κ1) is 12.4. The van der Waals surface area contributed by atoms with Gasteiger partial charge in [0.05, 0.1) is 18.0 Å². The predicted molar refractivity (Wildman–Crippen MR) is 81.0 cm³/mol. The highest BCUT2D eigenvalue weighted by atomic mass is 16.5. The molecule has 4 rings (SSSR count). The van der Waals surface area contributed by atoms with E-state index in [4.69, 9.17) is 4.74 Å². The lowest BCUT2D eigenvalue weighted by Crippen LogP contribution is -1.87. The number of allylic oxidation sites excluding steroid dienone is 1. The monoisotopic (exact) mass is 265 g/mol. The van der Waals surface area contributed by atoms with Crippen LogP contribution in [0.25, 0.3) is 6.08 Å². The van der Waals surface area contributed by atoms with Crippen molar-refractivity contribution < 1.29 is 4.74 Å². The molecule has 0 fully saturated rings. The van der Waals surface area contributed by atoms with Crippen LogP contribution in [0.5, 0.6) is 5.75 Å². The fraction of sp³-hybridized carbons (Fsp3) is 0.125. The summed E-state index contributed by atoms with van der Waals surface area (Å²) >= 11 is 0. The van der Waals surface area contributed by atoms with Crippen LogP contribution in [0.1, 0.15) is 11.3 Å². The van der Waals surface area contributed by atoms with E-state index in [1.165, 1.54) is 5.56 Å². The summed E-state index contributed by atoms with van der Waals surface area (Å²) in [6.07, 6.45) is 8.45. The second-order valence-corrected chi connectivity index (χ2v) is 4.38. The molecule has 1 aromatic carbocycles. The molecule has 2 aromatic rings. The standard InChI is InChI=1S/C9H8N2.C7H7NO/c1-2-6-9-8(4-1)5-3-7-10-11-9;1-2-7-6(8-4-1)3-5-9-7/h1-7,11H;1-2,4H,3,5H2. The van der Waals surface area contributed by atoms with Crippen molar-refractivity contribution >= 4 is 18.0 Å². The third kappa shape index (κ3) is 2.85. The summed E-state index contributed by atoms with van der Waals surface area (Å²) in [5, 5.41) is 3.95. The zero-order valence-electron chi connectivity index (χ0n) is 11.0. The minimum absolute atomic E-state index is 0.798. The molecule has 1 N–H and O–H groups in total. The van der Waals surface area contributed by atoms with Crippen LogP contribution < -0.4 is 10.2 Å². The van der Waals surface area contributed by atoms with Crippen LogP contribution in [0.4, 0.5) is 5.69 Å². The maximum absolute atomic E-state index is 5.24. The van der Waals surface area contributed by atoms with Crippen LogP contribution in [-0.2, 0) is 6.42 Å². The lowest BCUT2D eigenvalue weighted by Gasteiger charge is -2.00. The predicted octanol–water partition coefficient (Wildman–Crippen LogP) is 3.13. The minimum atomic E-state index is 0.798. The van der Waals surface area contributed by atoms with Gasteiger partial charge in [-0.15, -0.1) is 0 Å². The average molecular weight is 265 g/mol. The third-order valence-electron chi connectivity index (χ3n) is 3.03. The van der Waals surface area contributed by atoms with E-state index in [0.29, 0.717) is 0 Å². The molecule has 0 atom stereocenters. The van der Waals surface area contributed by atoms with Gasteiger partial charge in [-0.05, 0) is 29.8 Å². The molecule has 4 nitrogen and oxygen atoms in total. The highest BCUT2D eigenvalue weighted by Gasteiger charge is 2.10. The van der Waals surface area contributed by atoms with E-state index in [1.54, 1.807) is 12.4 Å². The van der Waals surface area contributed by atoms with Gasteiger partial charge in [0.2, 0.25) is 0 Å². The topological polar surface area (TPSA) is 46.5 Å². The summed E-state index contributed by atoms with van der Waals surface area (Å²) in [7, 11) is 0. The molecule has 4 heteroatoms.